The van der Waals surface area contributed by atoms with Gasteiger partial charge in [0.25, 0.3) is 0 Å². The fourth-order valence-electron chi connectivity index (χ4n) is 7.12. The Morgan fingerprint density at radius 2 is 1.79 bits per heavy atom. The minimum atomic E-state index is -0.310. The van der Waals surface area contributed by atoms with E-state index in [2.05, 4.69) is 29.8 Å². The number of alkyl halides is 1. The number of ketones is 2. The van der Waals surface area contributed by atoms with Crippen molar-refractivity contribution in [2.24, 2.45) is 28.6 Å². The zero-order valence-electron chi connectivity index (χ0n) is 15.2. The number of hydrogen-bond donors (Lipinski definition) is 0. The quantitative estimate of drug-likeness (QED) is 0.571. The highest BCUT2D eigenvalue weighted by molar-refractivity contribution is 9.10. The average Bonchev–Trinajstić information content (AvgIpc) is 2.81. The van der Waals surface area contributed by atoms with E-state index in [1.165, 1.54) is 24.8 Å². The first-order chi connectivity index (χ1) is 11.2. The van der Waals surface area contributed by atoms with E-state index in [1.807, 2.05) is 6.08 Å². The van der Waals surface area contributed by atoms with E-state index < -0.39 is 0 Å². The Morgan fingerprint density at radius 1 is 1.08 bits per heavy atom. The minimum absolute atomic E-state index is 0.0993. The van der Waals surface area contributed by atoms with Gasteiger partial charge in [-0.3, -0.25) is 9.59 Å². The highest BCUT2D eigenvalue weighted by Crippen LogP contribution is 2.69. The van der Waals surface area contributed by atoms with Gasteiger partial charge >= 0.3 is 0 Å². The van der Waals surface area contributed by atoms with Gasteiger partial charge in [0, 0.05) is 6.42 Å². The standard InChI is InChI=1S/C21H29BrO2/c1-13(23)21(22)11-8-18-16-5-4-14-12-15(24)6-9-19(14,2)17(16)7-10-20(18,21)3/h12,16-18H,4-11H2,1-3H3/t16-,17+,18+,19+,20+,21+/m1/s1. The number of rotatable bonds is 1. The van der Waals surface area contributed by atoms with Crippen LogP contribution in [-0.4, -0.2) is 15.9 Å². The van der Waals surface area contributed by atoms with Crippen molar-refractivity contribution in [2.75, 3.05) is 0 Å². The smallest absolute Gasteiger partial charge is 0.155 e. The van der Waals surface area contributed by atoms with Crippen LogP contribution in [0.15, 0.2) is 11.6 Å². The molecule has 0 saturated heterocycles. The lowest BCUT2D eigenvalue weighted by Gasteiger charge is -2.59. The summed E-state index contributed by atoms with van der Waals surface area (Å²) in [5, 5.41) is 0. The number of hydrogen-bond acceptors (Lipinski definition) is 2. The van der Waals surface area contributed by atoms with Crippen molar-refractivity contribution in [3.63, 3.8) is 0 Å². The fourth-order valence-corrected chi connectivity index (χ4v) is 7.84. The number of Topliss-reactive ketones (excluding diaryl/α,β-unsaturated/α-hetero) is 1. The molecule has 24 heavy (non-hydrogen) atoms. The maximum absolute atomic E-state index is 12.4. The molecule has 0 N–H and O–H groups in total. The Bertz CT molecular complexity index is 638. The van der Waals surface area contributed by atoms with Crippen LogP contribution < -0.4 is 0 Å². The zero-order valence-corrected chi connectivity index (χ0v) is 16.7. The summed E-state index contributed by atoms with van der Waals surface area (Å²) in [5.74, 6) is 2.72. The van der Waals surface area contributed by atoms with Gasteiger partial charge in [-0.1, -0.05) is 35.4 Å². The minimum Gasteiger partial charge on any atom is -0.298 e. The summed E-state index contributed by atoms with van der Waals surface area (Å²) in [4.78, 5) is 24.3. The van der Waals surface area contributed by atoms with Crippen LogP contribution in [0.3, 0.4) is 0 Å². The molecule has 0 radical (unpaired) electrons. The highest BCUT2D eigenvalue weighted by Gasteiger charge is 2.64. The molecular weight excluding hydrogens is 364 g/mol. The molecule has 0 aliphatic heterocycles. The summed E-state index contributed by atoms with van der Waals surface area (Å²) >= 11 is 3.91. The second-order valence-electron chi connectivity index (χ2n) is 9.32. The monoisotopic (exact) mass is 392 g/mol. The summed E-state index contributed by atoms with van der Waals surface area (Å²) in [5.41, 5.74) is 1.76. The van der Waals surface area contributed by atoms with Gasteiger partial charge in [0.15, 0.2) is 5.78 Å². The van der Waals surface area contributed by atoms with Gasteiger partial charge in [-0.25, -0.2) is 0 Å². The van der Waals surface area contributed by atoms with E-state index in [4.69, 9.17) is 0 Å². The van der Waals surface area contributed by atoms with Crippen molar-refractivity contribution in [2.45, 2.75) is 76.5 Å². The van der Waals surface area contributed by atoms with E-state index in [0.29, 0.717) is 23.4 Å². The predicted octanol–water partition coefficient (Wildman–Crippen LogP) is 5.24. The molecule has 0 aromatic rings. The van der Waals surface area contributed by atoms with Gasteiger partial charge in [-0.15, -0.1) is 0 Å². The molecule has 0 amide bonds. The third kappa shape index (κ3) is 2.00. The molecule has 0 aromatic heterocycles. The Hall–Kier alpha value is -0.440. The van der Waals surface area contributed by atoms with Crippen LogP contribution in [0.25, 0.3) is 0 Å². The molecule has 0 spiro atoms. The average molecular weight is 393 g/mol. The van der Waals surface area contributed by atoms with Crippen LogP contribution in [0.5, 0.6) is 0 Å². The van der Waals surface area contributed by atoms with Crippen molar-refractivity contribution < 1.29 is 9.59 Å². The van der Waals surface area contributed by atoms with Crippen LogP contribution in [0.4, 0.5) is 0 Å². The number of fused-ring (bicyclic) bond motifs is 5. The molecule has 3 heteroatoms. The molecule has 0 unspecified atom stereocenters. The maximum Gasteiger partial charge on any atom is 0.155 e. The molecule has 6 atom stereocenters. The first kappa shape index (κ1) is 17.0. The highest BCUT2D eigenvalue weighted by atomic mass is 79.9. The van der Waals surface area contributed by atoms with E-state index in [9.17, 15) is 9.59 Å². The first-order valence-corrected chi connectivity index (χ1v) is 10.5. The van der Waals surface area contributed by atoms with Gasteiger partial charge in [0.05, 0.1) is 4.32 Å². The molecule has 4 aliphatic carbocycles. The van der Waals surface area contributed by atoms with Gasteiger partial charge in [-0.2, -0.15) is 0 Å². The number of carbonyl (C=O) groups excluding carboxylic acids is 2. The fraction of sp³-hybridized carbons (Fsp3) is 0.810. The van der Waals surface area contributed by atoms with Crippen LogP contribution in [-0.2, 0) is 9.59 Å². The van der Waals surface area contributed by atoms with E-state index in [1.54, 1.807) is 6.92 Å². The van der Waals surface area contributed by atoms with Gasteiger partial charge in [-0.05, 0) is 86.5 Å². The summed E-state index contributed by atoms with van der Waals surface area (Å²) < 4.78 is -0.310. The van der Waals surface area contributed by atoms with E-state index in [0.717, 1.165) is 38.0 Å². The molecule has 4 rings (SSSR count). The summed E-state index contributed by atoms with van der Waals surface area (Å²) in [7, 11) is 0. The third-order valence-corrected chi connectivity index (χ3v) is 10.5. The lowest BCUT2D eigenvalue weighted by Crippen LogP contribution is -2.54. The number of allylic oxidation sites excluding steroid dienone is 1. The molecule has 3 fully saturated rings. The van der Waals surface area contributed by atoms with E-state index in [-0.39, 0.29) is 15.2 Å². The molecule has 0 aromatic carbocycles. The van der Waals surface area contributed by atoms with Crippen molar-refractivity contribution in [3.05, 3.63) is 11.6 Å². The van der Waals surface area contributed by atoms with Crippen LogP contribution in [0.1, 0.15) is 72.1 Å². The van der Waals surface area contributed by atoms with Crippen LogP contribution >= 0.6 is 15.9 Å². The normalized spacial score (nSPS) is 50.6. The third-order valence-electron chi connectivity index (χ3n) is 8.61. The summed E-state index contributed by atoms with van der Waals surface area (Å²) in [6, 6.07) is 0. The second kappa shape index (κ2) is 5.28. The van der Waals surface area contributed by atoms with Crippen molar-refractivity contribution in [1.82, 2.24) is 0 Å². The second-order valence-corrected chi connectivity index (χ2v) is 10.7. The Balaban J connectivity index is 1.70. The van der Waals surface area contributed by atoms with Gasteiger partial charge in [0.2, 0.25) is 0 Å². The van der Waals surface area contributed by atoms with Crippen LogP contribution in [0.2, 0.25) is 0 Å². The lowest BCUT2D eigenvalue weighted by molar-refractivity contribution is -0.125. The Morgan fingerprint density at radius 3 is 2.50 bits per heavy atom. The maximum atomic E-state index is 12.4. The van der Waals surface area contributed by atoms with Gasteiger partial charge < -0.3 is 0 Å². The summed E-state index contributed by atoms with van der Waals surface area (Å²) in [6.07, 6.45) is 10.6. The van der Waals surface area contributed by atoms with Crippen molar-refractivity contribution in [1.29, 1.82) is 0 Å². The Kier molecular flexibility index (Phi) is 3.74. The topological polar surface area (TPSA) is 34.1 Å². The number of halogens is 1. The summed E-state index contributed by atoms with van der Waals surface area (Å²) in [6.45, 7) is 6.56. The first-order valence-electron chi connectivity index (χ1n) is 9.66. The number of carbonyl (C=O) groups is 2. The van der Waals surface area contributed by atoms with Gasteiger partial charge in [0.1, 0.15) is 5.78 Å². The van der Waals surface area contributed by atoms with Crippen LogP contribution in [0, 0.1) is 28.6 Å². The molecule has 3 saturated carbocycles. The molecule has 132 valence electrons. The molecule has 0 heterocycles. The Labute approximate surface area is 154 Å². The van der Waals surface area contributed by atoms with Crippen molar-refractivity contribution in [3.8, 4) is 0 Å². The predicted molar refractivity (Wildman–Crippen MR) is 99.0 cm³/mol. The molecule has 2 nitrogen and oxygen atoms in total. The molecular formula is C21H29BrO2. The lowest BCUT2D eigenvalue weighted by atomic mass is 9.46. The largest absolute Gasteiger partial charge is 0.298 e. The molecule has 0 bridgehead atoms. The zero-order chi connectivity index (χ0) is 17.3. The SMILES string of the molecule is CC(=O)[C@@]1(Br)CC[C@H]2[C@@H]3CCC4=CC(=O)CC[C@]4(C)[C@H]3CC[C@@]21C. The van der Waals surface area contributed by atoms with Crippen molar-refractivity contribution >= 4 is 27.5 Å². The molecule has 4 aliphatic rings. The van der Waals surface area contributed by atoms with E-state index >= 15 is 0 Å².